The van der Waals surface area contributed by atoms with Gasteiger partial charge in [0.2, 0.25) is 0 Å². The molecule has 4 N–H and O–H groups in total. The smallest absolute Gasteiger partial charge is 0.103 e. The summed E-state index contributed by atoms with van der Waals surface area (Å²) >= 11 is 8.41. The van der Waals surface area contributed by atoms with Gasteiger partial charge < -0.3 is 16.1 Å². The number of nitrogens with one attached hydrogen (secondary N) is 4. The van der Waals surface area contributed by atoms with Gasteiger partial charge in [0, 0.05) is 41.6 Å². The molecule has 194 valence electrons. The summed E-state index contributed by atoms with van der Waals surface area (Å²) in [6.45, 7) is 7.16. The summed E-state index contributed by atoms with van der Waals surface area (Å²) < 4.78 is 1.13. The van der Waals surface area contributed by atoms with Crippen molar-refractivity contribution in [2.24, 2.45) is 5.41 Å². The number of hydrogen-bond acceptors (Lipinski definition) is 9. The van der Waals surface area contributed by atoms with Gasteiger partial charge in [0.05, 0.1) is 49.3 Å². The molecule has 8 nitrogen and oxygen atoms in total. The minimum absolute atomic E-state index is 0.0281. The second kappa shape index (κ2) is 9.62. The number of thiazole rings is 1. The van der Waals surface area contributed by atoms with E-state index in [0.717, 1.165) is 38.2 Å². The van der Waals surface area contributed by atoms with Gasteiger partial charge in [-0.15, -0.1) is 16.9 Å². The van der Waals surface area contributed by atoms with Crippen molar-refractivity contribution < 1.29 is 0 Å². The van der Waals surface area contributed by atoms with E-state index in [-0.39, 0.29) is 11.5 Å². The van der Waals surface area contributed by atoms with Gasteiger partial charge in [-0.25, -0.2) is 4.98 Å². The Balaban J connectivity index is 1.44. The molecule has 0 radical (unpaired) electrons. The molecule has 3 heterocycles. The molecule has 1 atom stereocenters. The third-order valence-corrected chi connectivity index (χ3v) is 7.80. The van der Waals surface area contributed by atoms with Crippen LogP contribution in [0.3, 0.4) is 0 Å². The Morgan fingerprint density at radius 2 is 2.08 bits per heavy atom. The molecule has 4 aromatic rings. The van der Waals surface area contributed by atoms with Crippen LogP contribution in [0.4, 0.5) is 11.4 Å². The van der Waals surface area contributed by atoms with E-state index >= 15 is 0 Å². The quantitative estimate of drug-likeness (QED) is 0.215. The van der Waals surface area contributed by atoms with Crippen molar-refractivity contribution in [3.8, 4) is 6.07 Å². The molecule has 0 amide bonds. The first-order valence-corrected chi connectivity index (χ1v) is 13.9. The van der Waals surface area contributed by atoms with E-state index in [0.29, 0.717) is 28.7 Å². The van der Waals surface area contributed by atoms with Crippen LogP contribution in [0.15, 0.2) is 53.9 Å². The first-order chi connectivity index (χ1) is 18.3. The number of hydrazine groups is 2. The minimum atomic E-state index is -0.219. The van der Waals surface area contributed by atoms with Gasteiger partial charge in [-0.1, -0.05) is 44.5 Å². The summed E-state index contributed by atoms with van der Waals surface area (Å²) in [7, 11) is 0. The van der Waals surface area contributed by atoms with Crippen molar-refractivity contribution in [1.29, 1.82) is 5.26 Å². The lowest BCUT2D eigenvalue weighted by molar-refractivity contribution is 0.260. The Labute approximate surface area is 230 Å². The van der Waals surface area contributed by atoms with Crippen LogP contribution in [-0.4, -0.2) is 27.6 Å². The summed E-state index contributed by atoms with van der Waals surface area (Å²) in [6.07, 6.45) is 6.08. The van der Waals surface area contributed by atoms with Crippen LogP contribution in [0.2, 0.25) is 5.02 Å². The topological polar surface area (TPSA) is 101 Å². The number of halogens is 1. The number of pyridine rings is 1. The number of fused-ring (bicyclic) bond motifs is 2. The summed E-state index contributed by atoms with van der Waals surface area (Å²) in [5.41, 5.74) is 14.3. The molecule has 1 saturated carbocycles. The van der Waals surface area contributed by atoms with E-state index in [4.69, 9.17) is 11.6 Å². The lowest BCUT2D eigenvalue weighted by atomic mass is 9.96. The molecule has 10 heteroatoms. The monoisotopic (exact) mass is 544 g/mol. The molecular weight excluding hydrogens is 516 g/mol. The van der Waals surface area contributed by atoms with Crippen LogP contribution in [0.5, 0.6) is 0 Å². The van der Waals surface area contributed by atoms with Crippen molar-refractivity contribution in [3.63, 3.8) is 0 Å². The average molecular weight is 545 g/mol. The minimum Gasteiger partial charge on any atom is -0.383 e. The number of nitrogens with zero attached hydrogens (tertiary/aromatic N) is 4. The van der Waals surface area contributed by atoms with E-state index in [2.05, 4.69) is 87.8 Å². The third-order valence-electron chi connectivity index (χ3n) is 6.71. The van der Waals surface area contributed by atoms with E-state index in [1.807, 2.05) is 17.6 Å². The lowest BCUT2D eigenvalue weighted by Crippen LogP contribution is -2.38. The number of rotatable bonds is 7. The van der Waals surface area contributed by atoms with Gasteiger partial charge >= 0.3 is 0 Å². The van der Waals surface area contributed by atoms with E-state index in [1.165, 1.54) is 12.8 Å². The third kappa shape index (κ3) is 4.83. The molecule has 1 aliphatic heterocycles. The summed E-state index contributed by atoms with van der Waals surface area (Å²) in [5, 5.41) is 20.5. The maximum Gasteiger partial charge on any atom is 0.103 e. The Kier molecular flexibility index (Phi) is 6.26. The van der Waals surface area contributed by atoms with E-state index in [9.17, 15) is 5.26 Å². The lowest BCUT2D eigenvalue weighted by Gasteiger charge is -2.23. The van der Waals surface area contributed by atoms with E-state index in [1.54, 1.807) is 17.5 Å². The van der Waals surface area contributed by atoms with Crippen LogP contribution in [0.1, 0.15) is 50.8 Å². The van der Waals surface area contributed by atoms with E-state index < -0.39 is 0 Å². The van der Waals surface area contributed by atoms with Gasteiger partial charge in [-0.3, -0.25) is 9.99 Å². The number of benzene rings is 2. The SMILES string of the molecule is CC(C)(C)CNc1c(C#N)cnc2c(Cl)cc(N[C@H](C3=CN(C4CC4)NN3)c3cccc4scnc34)cc12. The van der Waals surface area contributed by atoms with Crippen LogP contribution in [0.25, 0.3) is 21.1 Å². The Bertz CT molecular complexity index is 1590. The molecular formula is C28H29ClN8S. The summed E-state index contributed by atoms with van der Waals surface area (Å²) in [4.78, 5) is 9.19. The fourth-order valence-corrected chi connectivity index (χ4v) is 5.62. The largest absolute Gasteiger partial charge is 0.383 e. The maximum absolute atomic E-state index is 9.83. The van der Waals surface area contributed by atoms with Crippen LogP contribution < -0.4 is 21.6 Å². The molecule has 0 bridgehead atoms. The molecule has 1 aliphatic carbocycles. The molecule has 2 aliphatic rings. The first kappa shape index (κ1) is 24.7. The Morgan fingerprint density at radius 1 is 1.24 bits per heavy atom. The van der Waals surface area contributed by atoms with Crippen molar-refractivity contribution in [2.45, 2.75) is 45.7 Å². The van der Waals surface area contributed by atoms with Crippen molar-refractivity contribution in [1.82, 2.24) is 25.9 Å². The number of nitriles is 1. The van der Waals surface area contributed by atoms with Gasteiger partial charge in [-0.05, 0) is 36.5 Å². The van der Waals surface area contributed by atoms with Crippen molar-refractivity contribution in [2.75, 3.05) is 17.2 Å². The maximum atomic E-state index is 9.83. The fraction of sp³-hybridized carbons (Fsp3) is 0.321. The Hall–Kier alpha value is -3.58. The zero-order valence-electron chi connectivity index (χ0n) is 21.5. The number of anilines is 2. The fourth-order valence-electron chi connectivity index (χ4n) is 4.64. The second-order valence-corrected chi connectivity index (χ2v) is 12.3. The molecule has 0 saturated heterocycles. The summed E-state index contributed by atoms with van der Waals surface area (Å²) in [5.74, 6) is 0. The highest BCUT2D eigenvalue weighted by molar-refractivity contribution is 7.16. The van der Waals surface area contributed by atoms with Crippen LogP contribution in [0, 0.1) is 16.7 Å². The highest BCUT2D eigenvalue weighted by Gasteiger charge is 2.33. The number of aromatic nitrogens is 2. The van der Waals surface area contributed by atoms with Crippen LogP contribution >= 0.6 is 22.9 Å². The Morgan fingerprint density at radius 3 is 2.84 bits per heavy atom. The van der Waals surface area contributed by atoms with Crippen molar-refractivity contribution >= 4 is 55.4 Å². The number of hydrogen-bond donors (Lipinski definition) is 4. The number of para-hydroxylation sites is 1. The average Bonchev–Trinajstić information content (AvgIpc) is 3.41. The highest BCUT2D eigenvalue weighted by atomic mass is 35.5. The standard InChI is InChI=1S/C28H29ClN8S/c1-28(2,3)14-32-24-16(11-30)12-31-25-20(24)9-17(10-21(25)29)34-26(22-13-37(36-35-22)18-7-8-18)19-5-4-6-23-27(19)33-15-38-23/h4-6,9-10,12-13,15,18,26,34-36H,7-8,14H2,1-3H3,(H,31,32)/t26-/m0/s1. The second-order valence-electron chi connectivity index (χ2n) is 11.0. The molecule has 2 aromatic heterocycles. The molecule has 2 aromatic carbocycles. The highest BCUT2D eigenvalue weighted by Crippen LogP contribution is 2.38. The predicted molar refractivity (Wildman–Crippen MR) is 155 cm³/mol. The van der Waals surface area contributed by atoms with Gasteiger partial charge in [0.1, 0.15) is 6.07 Å². The summed E-state index contributed by atoms with van der Waals surface area (Å²) in [6, 6.07) is 12.8. The van der Waals surface area contributed by atoms with Crippen molar-refractivity contribution in [3.05, 3.63) is 70.1 Å². The van der Waals surface area contributed by atoms with Gasteiger partial charge in [0.15, 0.2) is 0 Å². The molecule has 0 unspecified atom stereocenters. The zero-order chi connectivity index (χ0) is 26.4. The molecule has 6 rings (SSSR count). The predicted octanol–water partition coefficient (Wildman–Crippen LogP) is 6.31. The van der Waals surface area contributed by atoms with Gasteiger partial charge in [-0.2, -0.15) is 5.26 Å². The van der Waals surface area contributed by atoms with Gasteiger partial charge in [0.25, 0.3) is 0 Å². The van der Waals surface area contributed by atoms with Crippen LogP contribution in [-0.2, 0) is 0 Å². The molecule has 38 heavy (non-hydrogen) atoms. The molecule has 1 fully saturated rings. The zero-order valence-corrected chi connectivity index (χ0v) is 23.0. The normalized spacial score (nSPS) is 16.3. The first-order valence-electron chi connectivity index (χ1n) is 12.7. The molecule has 0 spiro atoms.